The fourth-order valence-electron chi connectivity index (χ4n) is 2.21. The maximum atomic E-state index is 12.7. The largest absolute Gasteiger partial charge is 0.294 e. The molecule has 0 saturated carbocycles. The molecule has 0 fully saturated rings. The highest BCUT2D eigenvalue weighted by Crippen LogP contribution is 2.16. The van der Waals surface area contributed by atoms with Gasteiger partial charge in [0.25, 0.3) is 0 Å². The van der Waals surface area contributed by atoms with Crippen LogP contribution in [0.1, 0.15) is 42.1 Å². The molecule has 0 aliphatic heterocycles. The summed E-state index contributed by atoms with van der Waals surface area (Å²) in [6, 6.07) is 18.5. The predicted molar refractivity (Wildman–Crippen MR) is 89.7 cm³/mol. The average molecular weight is 292 g/mol. The number of ketones is 2. The van der Waals surface area contributed by atoms with E-state index >= 15 is 0 Å². The van der Waals surface area contributed by atoms with E-state index in [1.165, 1.54) is 0 Å². The molecule has 0 heterocycles. The molecular formula is C20H20O2. The van der Waals surface area contributed by atoms with Crippen LogP contribution in [0.3, 0.4) is 0 Å². The molecule has 0 radical (unpaired) electrons. The lowest BCUT2D eigenvalue weighted by Gasteiger charge is -2.06. The zero-order valence-electron chi connectivity index (χ0n) is 12.8. The third kappa shape index (κ3) is 4.26. The first-order valence-corrected chi connectivity index (χ1v) is 7.62. The van der Waals surface area contributed by atoms with Crippen molar-refractivity contribution in [3.05, 3.63) is 77.4 Å². The lowest BCUT2D eigenvalue weighted by atomic mass is 9.95. The summed E-state index contributed by atoms with van der Waals surface area (Å²) in [5, 5.41) is 0. The summed E-state index contributed by atoms with van der Waals surface area (Å²) in [5.74, 6) is -0.287. The summed E-state index contributed by atoms with van der Waals surface area (Å²) in [4.78, 5) is 25.1. The van der Waals surface area contributed by atoms with Crippen molar-refractivity contribution in [3.8, 4) is 0 Å². The zero-order valence-corrected chi connectivity index (χ0v) is 12.8. The van der Waals surface area contributed by atoms with Gasteiger partial charge >= 0.3 is 0 Å². The molecular weight excluding hydrogens is 272 g/mol. The Kier molecular flexibility index (Phi) is 5.84. The van der Waals surface area contributed by atoms with Crippen molar-refractivity contribution in [1.82, 2.24) is 0 Å². The van der Waals surface area contributed by atoms with Crippen LogP contribution in [0, 0.1) is 0 Å². The first-order chi connectivity index (χ1) is 10.7. The highest BCUT2D eigenvalue weighted by molar-refractivity contribution is 6.28. The van der Waals surface area contributed by atoms with Gasteiger partial charge in [-0.2, -0.15) is 0 Å². The van der Waals surface area contributed by atoms with Gasteiger partial charge in [0.1, 0.15) is 0 Å². The normalized spacial score (nSPS) is 11.2. The minimum atomic E-state index is -0.203. The van der Waals surface area contributed by atoms with Gasteiger partial charge in [-0.25, -0.2) is 0 Å². The van der Waals surface area contributed by atoms with Crippen molar-refractivity contribution >= 4 is 17.6 Å². The molecule has 0 spiro atoms. The van der Waals surface area contributed by atoms with Gasteiger partial charge < -0.3 is 0 Å². The summed E-state index contributed by atoms with van der Waals surface area (Å²) in [6.45, 7) is 2.03. The van der Waals surface area contributed by atoms with Crippen LogP contribution in [-0.2, 0) is 4.79 Å². The third-order valence-electron chi connectivity index (χ3n) is 3.45. The van der Waals surface area contributed by atoms with E-state index in [0.29, 0.717) is 12.0 Å². The van der Waals surface area contributed by atoms with Gasteiger partial charge in [0.2, 0.25) is 0 Å². The molecule has 0 bridgehead atoms. The van der Waals surface area contributed by atoms with Crippen LogP contribution >= 0.6 is 0 Å². The number of Topliss-reactive ketones (excluding diaryl/α,β-unsaturated/α-hetero) is 2. The Hall–Kier alpha value is -2.48. The fourth-order valence-corrected chi connectivity index (χ4v) is 2.21. The van der Waals surface area contributed by atoms with E-state index in [1.54, 1.807) is 18.2 Å². The average Bonchev–Trinajstić information content (AvgIpc) is 2.58. The SMILES string of the molecule is CCCCC(=O)/C(=C\c1ccccc1)C(=O)c1ccccc1. The highest BCUT2D eigenvalue weighted by atomic mass is 16.1. The van der Waals surface area contributed by atoms with Crippen LogP contribution < -0.4 is 0 Å². The standard InChI is InChI=1S/C20H20O2/c1-2-3-14-19(21)18(15-16-10-6-4-7-11-16)20(22)17-12-8-5-9-13-17/h4-13,15H,2-3,14H2,1H3/b18-15+. The van der Waals surface area contributed by atoms with Crippen LogP contribution in [0.4, 0.5) is 0 Å². The number of hydrogen-bond donors (Lipinski definition) is 0. The first kappa shape index (κ1) is 15.9. The molecule has 2 rings (SSSR count). The highest BCUT2D eigenvalue weighted by Gasteiger charge is 2.19. The molecule has 0 amide bonds. The Morgan fingerprint density at radius 2 is 1.50 bits per heavy atom. The number of carbonyl (C=O) groups is 2. The second kappa shape index (κ2) is 8.08. The van der Waals surface area contributed by atoms with Crippen LogP contribution in [0.15, 0.2) is 66.2 Å². The molecule has 0 N–H and O–H groups in total. The number of unbranched alkanes of at least 4 members (excludes halogenated alkanes) is 1. The van der Waals surface area contributed by atoms with Crippen LogP contribution in [0.25, 0.3) is 6.08 Å². The summed E-state index contributed by atoms with van der Waals surface area (Å²) >= 11 is 0. The van der Waals surface area contributed by atoms with Gasteiger partial charge in [-0.15, -0.1) is 0 Å². The van der Waals surface area contributed by atoms with Gasteiger partial charge in [0, 0.05) is 12.0 Å². The number of benzene rings is 2. The van der Waals surface area contributed by atoms with E-state index in [0.717, 1.165) is 18.4 Å². The number of hydrogen-bond acceptors (Lipinski definition) is 2. The van der Waals surface area contributed by atoms with E-state index in [-0.39, 0.29) is 17.1 Å². The molecule has 2 nitrogen and oxygen atoms in total. The second-order valence-corrected chi connectivity index (χ2v) is 5.19. The minimum Gasteiger partial charge on any atom is -0.294 e. The molecule has 0 unspecified atom stereocenters. The molecule has 0 aromatic heterocycles. The first-order valence-electron chi connectivity index (χ1n) is 7.62. The number of allylic oxidation sites excluding steroid dienone is 1. The van der Waals surface area contributed by atoms with E-state index in [4.69, 9.17) is 0 Å². The molecule has 2 aromatic rings. The maximum Gasteiger partial charge on any atom is 0.196 e. The molecule has 112 valence electrons. The van der Waals surface area contributed by atoms with Crippen molar-refractivity contribution in [2.45, 2.75) is 26.2 Å². The molecule has 22 heavy (non-hydrogen) atoms. The van der Waals surface area contributed by atoms with Gasteiger partial charge in [-0.05, 0) is 18.1 Å². The van der Waals surface area contributed by atoms with E-state index in [2.05, 4.69) is 0 Å². The molecule has 0 atom stereocenters. The topological polar surface area (TPSA) is 34.1 Å². The Balaban J connectivity index is 2.35. The second-order valence-electron chi connectivity index (χ2n) is 5.19. The lowest BCUT2D eigenvalue weighted by molar-refractivity contribution is -0.115. The summed E-state index contributed by atoms with van der Waals surface area (Å²) in [5.41, 5.74) is 1.69. The zero-order chi connectivity index (χ0) is 15.8. The minimum absolute atomic E-state index is 0.0837. The van der Waals surface area contributed by atoms with Crippen LogP contribution in [0.5, 0.6) is 0 Å². The molecule has 2 aromatic carbocycles. The monoisotopic (exact) mass is 292 g/mol. The summed E-state index contributed by atoms with van der Waals surface area (Å²) < 4.78 is 0. The van der Waals surface area contributed by atoms with Crippen molar-refractivity contribution in [2.75, 3.05) is 0 Å². The molecule has 0 saturated heterocycles. The third-order valence-corrected chi connectivity index (χ3v) is 3.45. The molecule has 0 aliphatic rings. The Morgan fingerprint density at radius 3 is 2.09 bits per heavy atom. The maximum absolute atomic E-state index is 12.7. The fraction of sp³-hybridized carbons (Fsp3) is 0.200. The smallest absolute Gasteiger partial charge is 0.196 e. The van der Waals surface area contributed by atoms with Crippen molar-refractivity contribution < 1.29 is 9.59 Å². The van der Waals surface area contributed by atoms with Gasteiger partial charge in [-0.1, -0.05) is 74.0 Å². The van der Waals surface area contributed by atoms with E-state index in [1.807, 2.05) is 55.5 Å². The predicted octanol–water partition coefficient (Wildman–Crippen LogP) is 4.71. The summed E-state index contributed by atoms with van der Waals surface area (Å²) in [6.07, 6.45) is 3.85. The quantitative estimate of drug-likeness (QED) is 0.320. The van der Waals surface area contributed by atoms with Gasteiger partial charge in [-0.3, -0.25) is 9.59 Å². The number of rotatable bonds is 7. The van der Waals surface area contributed by atoms with Crippen LogP contribution in [0.2, 0.25) is 0 Å². The lowest BCUT2D eigenvalue weighted by Crippen LogP contribution is -2.13. The van der Waals surface area contributed by atoms with Crippen molar-refractivity contribution in [3.63, 3.8) is 0 Å². The van der Waals surface area contributed by atoms with Crippen molar-refractivity contribution in [1.29, 1.82) is 0 Å². The molecule has 2 heteroatoms. The van der Waals surface area contributed by atoms with E-state index in [9.17, 15) is 9.59 Å². The van der Waals surface area contributed by atoms with Gasteiger partial charge in [0.15, 0.2) is 11.6 Å². The summed E-state index contributed by atoms with van der Waals surface area (Å²) in [7, 11) is 0. The van der Waals surface area contributed by atoms with E-state index < -0.39 is 0 Å². The Labute approximate surface area is 131 Å². The Bertz CT molecular complexity index is 655. The van der Waals surface area contributed by atoms with Crippen molar-refractivity contribution in [2.24, 2.45) is 0 Å². The number of carbonyl (C=O) groups excluding carboxylic acids is 2. The van der Waals surface area contributed by atoms with Gasteiger partial charge in [0.05, 0.1) is 5.57 Å². The molecule has 0 aliphatic carbocycles. The Morgan fingerprint density at radius 1 is 0.909 bits per heavy atom. The van der Waals surface area contributed by atoms with Crippen LogP contribution in [-0.4, -0.2) is 11.6 Å².